The van der Waals surface area contributed by atoms with Crippen LogP contribution in [-0.2, 0) is 28.9 Å². The number of rotatable bonds is 9. The third kappa shape index (κ3) is 4.67. The number of ether oxygens (including phenoxy) is 1. The highest BCUT2D eigenvalue weighted by Gasteiger charge is 2.12. The van der Waals surface area contributed by atoms with E-state index in [0.29, 0.717) is 19.7 Å². The zero-order chi connectivity index (χ0) is 18.2. The molecule has 0 spiro atoms. The van der Waals surface area contributed by atoms with Crippen molar-refractivity contribution < 1.29 is 9.53 Å². The maximum absolute atomic E-state index is 11.7. The van der Waals surface area contributed by atoms with Gasteiger partial charge in [0.1, 0.15) is 17.9 Å². The van der Waals surface area contributed by atoms with Gasteiger partial charge in [0.15, 0.2) is 5.65 Å². The number of hydrogen-bond donors (Lipinski definition) is 1. The van der Waals surface area contributed by atoms with Gasteiger partial charge < -0.3 is 14.6 Å². The Morgan fingerprint density at radius 3 is 2.81 bits per heavy atom. The van der Waals surface area contributed by atoms with Crippen LogP contribution < -0.4 is 5.32 Å². The molecule has 2 aromatic heterocycles. The molecule has 0 saturated heterocycles. The molecule has 6 heteroatoms. The Morgan fingerprint density at radius 2 is 2.00 bits per heavy atom. The lowest BCUT2D eigenvalue weighted by Gasteiger charge is -2.10. The van der Waals surface area contributed by atoms with E-state index in [1.54, 1.807) is 6.20 Å². The van der Waals surface area contributed by atoms with Gasteiger partial charge in [0.05, 0.1) is 0 Å². The molecule has 0 radical (unpaired) electrons. The monoisotopic (exact) mass is 352 g/mol. The Morgan fingerprint density at radius 1 is 1.15 bits per heavy atom. The lowest BCUT2D eigenvalue weighted by atomic mass is 10.1. The Kier molecular flexibility index (Phi) is 6.33. The Hall–Kier alpha value is -2.73. The molecule has 0 aliphatic heterocycles. The van der Waals surface area contributed by atoms with E-state index in [2.05, 4.69) is 27.0 Å². The van der Waals surface area contributed by atoms with E-state index in [9.17, 15) is 4.79 Å². The number of amides is 1. The second-order valence-electron chi connectivity index (χ2n) is 6.00. The predicted octanol–water partition coefficient (Wildman–Crippen LogP) is 2.37. The number of aryl methyl sites for hydroxylation is 2. The number of imidazole rings is 1. The summed E-state index contributed by atoms with van der Waals surface area (Å²) in [4.78, 5) is 20.9. The van der Waals surface area contributed by atoms with E-state index < -0.39 is 0 Å². The third-order valence-electron chi connectivity index (χ3n) is 4.16. The molecular formula is C20H24N4O2. The van der Waals surface area contributed by atoms with Gasteiger partial charge in [-0.05, 0) is 31.0 Å². The number of carbonyl (C=O) groups excluding carboxylic acids is 1. The van der Waals surface area contributed by atoms with E-state index in [-0.39, 0.29) is 12.5 Å². The second kappa shape index (κ2) is 9.10. The maximum atomic E-state index is 11.7. The standard InChI is InChI=1S/C20H24N4O2/c1-2-26-15-19(25)21-13-14-24-18(11-10-16-7-4-3-5-8-16)23-17-9-6-12-22-20(17)24/h3-9,12H,2,10-11,13-15H2,1H3,(H,21,25). The Labute approximate surface area is 153 Å². The molecule has 1 amide bonds. The molecule has 1 aromatic carbocycles. The zero-order valence-corrected chi connectivity index (χ0v) is 15.0. The van der Waals surface area contributed by atoms with Crippen LogP contribution in [-0.4, -0.2) is 40.2 Å². The summed E-state index contributed by atoms with van der Waals surface area (Å²) >= 11 is 0. The molecule has 2 heterocycles. The predicted molar refractivity (Wildman–Crippen MR) is 101 cm³/mol. The highest BCUT2D eigenvalue weighted by atomic mass is 16.5. The Bertz CT molecular complexity index is 845. The average molecular weight is 352 g/mol. The molecule has 3 aromatic rings. The van der Waals surface area contributed by atoms with Crippen LogP contribution in [0.15, 0.2) is 48.7 Å². The summed E-state index contributed by atoms with van der Waals surface area (Å²) in [5.41, 5.74) is 3.02. The van der Waals surface area contributed by atoms with Gasteiger partial charge in [-0.25, -0.2) is 9.97 Å². The third-order valence-corrected chi connectivity index (χ3v) is 4.16. The highest BCUT2D eigenvalue weighted by molar-refractivity contribution is 5.77. The minimum atomic E-state index is -0.102. The summed E-state index contributed by atoms with van der Waals surface area (Å²) < 4.78 is 7.22. The molecular weight excluding hydrogens is 328 g/mol. The maximum Gasteiger partial charge on any atom is 0.246 e. The average Bonchev–Trinajstić information content (AvgIpc) is 3.03. The van der Waals surface area contributed by atoms with Crippen LogP contribution in [0, 0.1) is 0 Å². The minimum absolute atomic E-state index is 0.0975. The van der Waals surface area contributed by atoms with Crippen molar-refractivity contribution in [3.63, 3.8) is 0 Å². The molecule has 136 valence electrons. The molecule has 0 bridgehead atoms. The van der Waals surface area contributed by atoms with Crippen LogP contribution in [0.4, 0.5) is 0 Å². The fourth-order valence-electron chi connectivity index (χ4n) is 2.88. The molecule has 1 N–H and O–H groups in total. The van der Waals surface area contributed by atoms with Gasteiger partial charge >= 0.3 is 0 Å². The van der Waals surface area contributed by atoms with Crippen LogP contribution in [0.3, 0.4) is 0 Å². The molecule has 0 aliphatic carbocycles. The van der Waals surface area contributed by atoms with Crippen molar-refractivity contribution in [3.05, 3.63) is 60.0 Å². The molecule has 0 unspecified atom stereocenters. The number of nitrogens with one attached hydrogen (secondary N) is 1. The van der Waals surface area contributed by atoms with Crippen molar-refractivity contribution in [1.29, 1.82) is 0 Å². The largest absolute Gasteiger partial charge is 0.372 e. The zero-order valence-electron chi connectivity index (χ0n) is 15.0. The summed E-state index contributed by atoms with van der Waals surface area (Å²) in [6.45, 7) is 3.66. The quantitative estimate of drug-likeness (QED) is 0.642. The molecule has 26 heavy (non-hydrogen) atoms. The molecule has 0 atom stereocenters. The summed E-state index contributed by atoms with van der Waals surface area (Å²) in [6.07, 6.45) is 3.52. The smallest absolute Gasteiger partial charge is 0.246 e. The van der Waals surface area contributed by atoms with Crippen molar-refractivity contribution >= 4 is 17.1 Å². The number of fused-ring (bicyclic) bond motifs is 1. The summed E-state index contributed by atoms with van der Waals surface area (Å²) in [6, 6.07) is 14.2. The number of benzene rings is 1. The van der Waals surface area contributed by atoms with Crippen molar-refractivity contribution in [2.75, 3.05) is 19.8 Å². The van der Waals surface area contributed by atoms with Gasteiger partial charge in [0.2, 0.25) is 5.91 Å². The van der Waals surface area contributed by atoms with Gasteiger partial charge in [-0.2, -0.15) is 0 Å². The lowest BCUT2D eigenvalue weighted by molar-refractivity contribution is -0.125. The van der Waals surface area contributed by atoms with Crippen molar-refractivity contribution in [1.82, 2.24) is 19.9 Å². The Balaban J connectivity index is 1.69. The molecule has 6 nitrogen and oxygen atoms in total. The normalized spacial score (nSPS) is 11.0. The van der Waals surface area contributed by atoms with E-state index in [1.807, 2.05) is 37.3 Å². The topological polar surface area (TPSA) is 69.0 Å². The van der Waals surface area contributed by atoms with Crippen LogP contribution in [0.1, 0.15) is 18.3 Å². The van der Waals surface area contributed by atoms with Crippen molar-refractivity contribution in [3.8, 4) is 0 Å². The van der Waals surface area contributed by atoms with Crippen molar-refractivity contribution in [2.45, 2.75) is 26.3 Å². The molecule has 0 saturated carbocycles. The fourth-order valence-corrected chi connectivity index (χ4v) is 2.88. The highest BCUT2D eigenvalue weighted by Crippen LogP contribution is 2.15. The van der Waals surface area contributed by atoms with Gasteiger partial charge in [0, 0.05) is 32.3 Å². The van der Waals surface area contributed by atoms with Crippen LogP contribution >= 0.6 is 0 Å². The number of aromatic nitrogens is 3. The lowest BCUT2D eigenvalue weighted by Crippen LogP contribution is -2.31. The number of nitrogens with zero attached hydrogens (tertiary/aromatic N) is 3. The molecule has 0 fully saturated rings. The first-order chi connectivity index (χ1) is 12.8. The van der Waals surface area contributed by atoms with E-state index in [1.165, 1.54) is 5.56 Å². The summed E-state index contributed by atoms with van der Waals surface area (Å²) in [5.74, 6) is 0.886. The molecule has 0 aliphatic rings. The van der Waals surface area contributed by atoms with E-state index >= 15 is 0 Å². The summed E-state index contributed by atoms with van der Waals surface area (Å²) in [7, 11) is 0. The first-order valence-electron chi connectivity index (χ1n) is 8.96. The first-order valence-corrected chi connectivity index (χ1v) is 8.96. The molecule has 3 rings (SSSR count). The number of hydrogen-bond acceptors (Lipinski definition) is 4. The SMILES string of the molecule is CCOCC(=O)NCCn1c(CCc2ccccc2)nc2cccnc21. The van der Waals surface area contributed by atoms with Gasteiger partial charge in [-0.1, -0.05) is 30.3 Å². The minimum Gasteiger partial charge on any atom is -0.372 e. The van der Waals surface area contributed by atoms with Crippen LogP contribution in [0.2, 0.25) is 0 Å². The van der Waals surface area contributed by atoms with E-state index in [4.69, 9.17) is 9.72 Å². The summed E-state index contributed by atoms with van der Waals surface area (Å²) in [5, 5.41) is 2.88. The van der Waals surface area contributed by atoms with Crippen LogP contribution in [0.5, 0.6) is 0 Å². The van der Waals surface area contributed by atoms with Gasteiger partial charge in [0.25, 0.3) is 0 Å². The van der Waals surface area contributed by atoms with E-state index in [0.717, 1.165) is 29.8 Å². The fraction of sp³-hybridized carbons (Fsp3) is 0.350. The number of carbonyl (C=O) groups is 1. The second-order valence-corrected chi connectivity index (χ2v) is 6.00. The van der Waals surface area contributed by atoms with Crippen LogP contribution in [0.25, 0.3) is 11.2 Å². The number of pyridine rings is 1. The van der Waals surface area contributed by atoms with Crippen molar-refractivity contribution in [2.24, 2.45) is 0 Å². The first kappa shape index (κ1) is 18.1. The van der Waals surface area contributed by atoms with Gasteiger partial charge in [-0.15, -0.1) is 0 Å². The van der Waals surface area contributed by atoms with Gasteiger partial charge in [-0.3, -0.25) is 4.79 Å².